The zero-order chi connectivity index (χ0) is 13.1. The molecule has 0 bridgehead atoms. The molecule has 3 aromatic heterocycles. The molecule has 0 radical (unpaired) electrons. The van der Waals surface area contributed by atoms with Gasteiger partial charge in [-0.15, -0.1) is 0 Å². The molecule has 19 heavy (non-hydrogen) atoms. The number of nitrogens with one attached hydrogen (secondary N) is 2. The van der Waals surface area contributed by atoms with E-state index in [0.29, 0.717) is 6.04 Å². The van der Waals surface area contributed by atoms with Crippen LogP contribution in [0, 0.1) is 0 Å². The molecule has 3 heterocycles. The minimum atomic E-state index is 0.377. The van der Waals surface area contributed by atoms with E-state index in [-0.39, 0.29) is 0 Å². The first-order valence-electron chi connectivity index (χ1n) is 6.48. The number of anilines is 1. The Hall–Kier alpha value is -2.30. The molecule has 0 aliphatic heterocycles. The predicted octanol–water partition coefficient (Wildman–Crippen LogP) is 2.65. The summed E-state index contributed by atoms with van der Waals surface area (Å²) in [6.07, 6.45) is 8.58. The van der Waals surface area contributed by atoms with E-state index in [9.17, 15) is 0 Å². The smallest absolute Gasteiger partial charge is 0.137 e. The second-order valence-electron chi connectivity index (χ2n) is 4.74. The Balaban J connectivity index is 1.60. The van der Waals surface area contributed by atoms with Crippen LogP contribution in [0.5, 0.6) is 0 Å². The van der Waals surface area contributed by atoms with Gasteiger partial charge in [-0.3, -0.25) is 4.68 Å². The number of aromatic amines is 1. The van der Waals surface area contributed by atoms with Crippen LogP contribution in [-0.4, -0.2) is 25.8 Å². The fourth-order valence-electron chi connectivity index (χ4n) is 2.13. The molecule has 3 rings (SSSR count). The van der Waals surface area contributed by atoms with Crippen molar-refractivity contribution in [2.24, 2.45) is 0 Å². The Labute approximate surface area is 111 Å². The summed E-state index contributed by atoms with van der Waals surface area (Å²) in [5.74, 6) is 0. The number of aromatic nitrogens is 4. The van der Waals surface area contributed by atoms with Gasteiger partial charge in [0.05, 0.1) is 11.9 Å². The van der Waals surface area contributed by atoms with Crippen LogP contribution in [-0.2, 0) is 6.54 Å². The Kier molecular flexibility index (Phi) is 3.18. The number of pyridine rings is 1. The summed E-state index contributed by atoms with van der Waals surface area (Å²) < 4.78 is 1.95. The maximum Gasteiger partial charge on any atom is 0.137 e. The molecule has 5 heteroatoms. The third kappa shape index (κ3) is 2.76. The van der Waals surface area contributed by atoms with Crippen molar-refractivity contribution in [3.8, 4) is 0 Å². The zero-order valence-electron chi connectivity index (χ0n) is 10.9. The third-order valence-electron chi connectivity index (χ3n) is 3.16. The van der Waals surface area contributed by atoms with Crippen LogP contribution in [0.15, 0.2) is 43.0 Å². The quantitative estimate of drug-likeness (QED) is 0.737. The van der Waals surface area contributed by atoms with E-state index in [1.165, 1.54) is 0 Å². The summed E-state index contributed by atoms with van der Waals surface area (Å²) in [6, 6.07) is 6.47. The molecule has 0 amide bonds. The number of nitrogens with zero attached hydrogens (tertiary/aromatic N) is 3. The Morgan fingerprint density at radius 1 is 1.47 bits per heavy atom. The molecule has 0 saturated heterocycles. The summed E-state index contributed by atoms with van der Waals surface area (Å²) in [5, 5.41) is 8.80. The fourth-order valence-corrected chi connectivity index (χ4v) is 2.13. The van der Waals surface area contributed by atoms with Gasteiger partial charge in [0.2, 0.25) is 0 Å². The van der Waals surface area contributed by atoms with Gasteiger partial charge in [0.15, 0.2) is 0 Å². The summed E-state index contributed by atoms with van der Waals surface area (Å²) in [5.41, 5.74) is 1.98. The van der Waals surface area contributed by atoms with Crippen molar-refractivity contribution >= 4 is 16.7 Å². The lowest BCUT2D eigenvalue weighted by molar-refractivity contribution is 0.545. The minimum Gasteiger partial charge on any atom is -0.381 e. The van der Waals surface area contributed by atoms with E-state index < -0.39 is 0 Å². The van der Waals surface area contributed by atoms with Crippen LogP contribution in [0.3, 0.4) is 0 Å². The van der Waals surface area contributed by atoms with Gasteiger partial charge in [-0.2, -0.15) is 5.10 Å². The molecule has 5 nitrogen and oxygen atoms in total. The van der Waals surface area contributed by atoms with Crippen molar-refractivity contribution in [2.45, 2.75) is 25.9 Å². The summed E-state index contributed by atoms with van der Waals surface area (Å²) >= 11 is 0. The third-order valence-corrected chi connectivity index (χ3v) is 3.16. The molecule has 3 aromatic rings. The monoisotopic (exact) mass is 255 g/mol. The molecule has 0 fully saturated rings. The molecule has 2 N–H and O–H groups in total. The van der Waals surface area contributed by atoms with E-state index in [0.717, 1.165) is 29.7 Å². The first kappa shape index (κ1) is 11.8. The van der Waals surface area contributed by atoms with Gasteiger partial charge in [0.1, 0.15) is 5.65 Å². The molecule has 0 spiro atoms. The molecule has 1 atom stereocenters. The number of rotatable bonds is 5. The maximum atomic E-state index is 4.37. The summed E-state index contributed by atoms with van der Waals surface area (Å²) in [6.45, 7) is 3.09. The molecule has 0 saturated carbocycles. The number of hydrogen-bond acceptors (Lipinski definition) is 3. The fraction of sp³-hybridized carbons (Fsp3) is 0.286. The van der Waals surface area contributed by atoms with Crippen LogP contribution in [0.25, 0.3) is 11.0 Å². The number of H-pyrrole nitrogens is 1. The van der Waals surface area contributed by atoms with Crippen LogP contribution < -0.4 is 5.32 Å². The van der Waals surface area contributed by atoms with Crippen LogP contribution >= 0.6 is 0 Å². The molecule has 0 aromatic carbocycles. The number of hydrogen-bond donors (Lipinski definition) is 2. The van der Waals surface area contributed by atoms with Gasteiger partial charge in [-0.05, 0) is 31.5 Å². The molecule has 1 unspecified atom stereocenters. The van der Waals surface area contributed by atoms with Crippen molar-refractivity contribution in [1.82, 2.24) is 19.7 Å². The normalized spacial score (nSPS) is 12.7. The summed E-state index contributed by atoms with van der Waals surface area (Å²) in [4.78, 5) is 7.46. The molecular weight excluding hydrogens is 238 g/mol. The second-order valence-corrected chi connectivity index (χ2v) is 4.74. The molecule has 0 aliphatic rings. The van der Waals surface area contributed by atoms with E-state index in [1.807, 2.05) is 41.6 Å². The highest BCUT2D eigenvalue weighted by Gasteiger charge is 2.04. The predicted molar refractivity (Wildman–Crippen MR) is 76.0 cm³/mol. The van der Waals surface area contributed by atoms with E-state index in [1.54, 1.807) is 0 Å². The van der Waals surface area contributed by atoms with Crippen molar-refractivity contribution in [2.75, 3.05) is 5.32 Å². The maximum absolute atomic E-state index is 4.37. The van der Waals surface area contributed by atoms with E-state index in [4.69, 9.17) is 0 Å². The van der Waals surface area contributed by atoms with Crippen LogP contribution in [0.2, 0.25) is 0 Å². The van der Waals surface area contributed by atoms with Crippen molar-refractivity contribution in [1.29, 1.82) is 0 Å². The Morgan fingerprint density at radius 2 is 2.42 bits per heavy atom. The summed E-state index contributed by atoms with van der Waals surface area (Å²) in [7, 11) is 0. The van der Waals surface area contributed by atoms with Crippen LogP contribution in [0.4, 0.5) is 5.69 Å². The highest BCUT2D eigenvalue weighted by Crippen LogP contribution is 2.16. The largest absolute Gasteiger partial charge is 0.381 e. The van der Waals surface area contributed by atoms with Gasteiger partial charge < -0.3 is 10.3 Å². The number of fused-ring (bicyclic) bond motifs is 1. The van der Waals surface area contributed by atoms with Gasteiger partial charge in [-0.25, -0.2) is 4.98 Å². The van der Waals surface area contributed by atoms with Gasteiger partial charge in [0, 0.05) is 36.6 Å². The average Bonchev–Trinajstić information content (AvgIpc) is 3.07. The zero-order valence-corrected chi connectivity index (χ0v) is 10.9. The first-order chi connectivity index (χ1) is 9.31. The highest BCUT2D eigenvalue weighted by molar-refractivity contribution is 5.78. The SMILES string of the molecule is CC(CCn1cccn1)Nc1cnc2[nH]ccc2c1. The Bertz CT molecular complexity index is 641. The van der Waals surface area contributed by atoms with Crippen LogP contribution in [0.1, 0.15) is 13.3 Å². The van der Waals surface area contributed by atoms with Crippen molar-refractivity contribution in [3.63, 3.8) is 0 Å². The van der Waals surface area contributed by atoms with E-state index >= 15 is 0 Å². The second kappa shape index (κ2) is 5.14. The average molecular weight is 255 g/mol. The highest BCUT2D eigenvalue weighted by atomic mass is 15.3. The lowest BCUT2D eigenvalue weighted by Crippen LogP contribution is -2.18. The molecule has 0 aliphatic carbocycles. The number of aryl methyl sites for hydroxylation is 1. The molecule has 98 valence electrons. The minimum absolute atomic E-state index is 0.377. The van der Waals surface area contributed by atoms with Gasteiger partial charge in [0.25, 0.3) is 0 Å². The van der Waals surface area contributed by atoms with Crippen molar-refractivity contribution < 1.29 is 0 Å². The topological polar surface area (TPSA) is 58.5 Å². The lowest BCUT2D eigenvalue weighted by atomic mass is 10.2. The molecular formula is C14H17N5. The van der Waals surface area contributed by atoms with Crippen molar-refractivity contribution in [3.05, 3.63) is 43.0 Å². The van der Waals surface area contributed by atoms with Gasteiger partial charge >= 0.3 is 0 Å². The van der Waals surface area contributed by atoms with E-state index in [2.05, 4.69) is 33.4 Å². The van der Waals surface area contributed by atoms with Gasteiger partial charge in [-0.1, -0.05) is 0 Å². The first-order valence-corrected chi connectivity index (χ1v) is 6.48. The Morgan fingerprint density at radius 3 is 3.26 bits per heavy atom. The standard InChI is InChI=1S/C14H17N5/c1-11(4-8-19-7-2-5-17-19)18-13-9-12-3-6-15-14(12)16-10-13/h2-3,5-7,9-11,18H,4,8H2,1H3,(H,15,16). The lowest BCUT2D eigenvalue weighted by Gasteiger charge is -2.15.